The minimum Gasteiger partial charge on any atom is -0.493 e. The van der Waals surface area contributed by atoms with E-state index in [0.29, 0.717) is 21.8 Å². The first-order valence-corrected chi connectivity index (χ1v) is 13.8. The summed E-state index contributed by atoms with van der Waals surface area (Å²) in [5, 5.41) is 4.91. The highest BCUT2D eigenvalue weighted by atomic mass is 32.2. The molecule has 0 radical (unpaired) electrons. The van der Waals surface area contributed by atoms with Gasteiger partial charge < -0.3 is 4.74 Å². The number of hydrogen-bond acceptors (Lipinski definition) is 5. The summed E-state index contributed by atoms with van der Waals surface area (Å²) in [7, 11) is 0. The Kier molecular flexibility index (Phi) is 7.77. The number of para-hydroxylation sites is 1. The first-order valence-electron chi connectivity index (χ1n) is 12.6. The third-order valence-corrected chi connectivity index (χ3v) is 7.58. The van der Waals surface area contributed by atoms with E-state index >= 15 is 0 Å². The van der Waals surface area contributed by atoms with E-state index in [2.05, 4.69) is 13.8 Å². The molecular formula is C31H29N3O2S2. The largest absolute Gasteiger partial charge is 0.493 e. The Balaban J connectivity index is 1.50. The van der Waals surface area contributed by atoms with Crippen LogP contribution in [0.3, 0.4) is 0 Å². The Morgan fingerprint density at radius 2 is 1.61 bits per heavy atom. The summed E-state index contributed by atoms with van der Waals surface area (Å²) < 4.78 is 8.26. The first kappa shape index (κ1) is 25.9. The third-order valence-electron chi connectivity index (χ3n) is 6.25. The van der Waals surface area contributed by atoms with Gasteiger partial charge in [0.15, 0.2) is 0 Å². The molecule has 0 aliphatic carbocycles. The Morgan fingerprint density at radius 1 is 0.947 bits per heavy atom. The molecule has 38 heavy (non-hydrogen) atoms. The number of thiocarbonyl (C=S) groups is 1. The van der Waals surface area contributed by atoms with E-state index in [1.807, 2.05) is 109 Å². The molecule has 4 aromatic rings. The highest BCUT2D eigenvalue weighted by Crippen LogP contribution is 2.39. The molecule has 1 saturated heterocycles. The summed E-state index contributed by atoms with van der Waals surface area (Å²) in [6.45, 7) is 6.92. The summed E-state index contributed by atoms with van der Waals surface area (Å²) in [6, 6.07) is 27.7. The van der Waals surface area contributed by atoms with Crippen LogP contribution < -0.4 is 4.74 Å². The van der Waals surface area contributed by atoms with Crippen LogP contribution in [-0.2, 0) is 4.79 Å². The highest BCUT2D eigenvalue weighted by molar-refractivity contribution is 8.26. The van der Waals surface area contributed by atoms with Gasteiger partial charge in [-0.2, -0.15) is 5.10 Å². The number of carbonyl (C=O) groups is 1. The summed E-state index contributed by atoms with van der Waals surface area (Å²) in [5.41, 5.74) is 4.55. The van der Waals surface area contributed by atoms with Gasteiger partial charge in [0.1, 0.15) is 10.1 Å². The molecule has 1 amide bonds. The average molecular weight is 540 g/mol. The van der Waals surface area contributed by atoms with Gasteiger partial charge in [0.25, 0.3) is 5.91 Å². The van der Waals surface area contributed by atoms with E-state index in [1.165, 1.54) is 11.8 Å². The van der Waals surface area contributed by atoms with Crippen LogP contribution in [-0.4, -0.2) is 31.5 Å². The molecule has 1 aromatic heterocycles. The molecule has 0 spiro atoms. The molecule has 0 bridgehead atoms. The third kappa shape index (κ3) is 5.59. The van der Waals surface area contributed by atoms with Gasteiger partial charge in [0, 0.05) is 17.3 Å². The number of thioether (sulfide) groups is 1. The van der Waals surface area contributed by atoms with E-state index in [9.17, 15) is 4.79 Å². The Bertz CT molecular complexity index is 1460. The fourth-order valence-electron chi connectivity index (χ4n) is 4.24. The number of nitrogens with zero attached hydrogens (tertiary/aromatic N) is 3. The molecule has 1 fully saturated rings. The maximum absolute atomic E-state index is 13.5. The Labute approximate surface area is 233 Å². The molecule has 1 aliphatic rings. The molecule has 7 heteroatoms. The highest BCUT2D eigenvalue weighted by Gasteiger charge is 2.36. The van der Waals surface area contributed by atoms with E-state index in [4.69, 9.17) is 22.1 Å². The van der Waals surface area contributed by atoms with Gasteiger partial charge >= 0.3 is 0 Å². The van der Waals surface area contributed by atoms with E-state index in [-0.39, 0.29) is 11.9 Å². The molecule has 5 rings (SSSR count). The van der Waals surface area contributed by atoms with Crippen molar-refractivity contribution in [3.8, 4) is 22.7 Å². The van der Waals surface area contributed by atoms with Gasteiger partial charge in [-0.3, -0.25) is 9.69 Å². The summed E-state index contributed by atoms with van der Waals surface area (Å²) >= 11 is 6.98. The molecule has 0 N–H and O–H groups in total. The van der Waals surface area contributed by atoms with Crippen molar-refractivity contribution in [2.24, 2.45) is 5.92 Å². The van der Waals surface area contributed by atoms with Gasteiger partial charge in [-0.15, -0.1) is 0 Å². The maximum atomic E-state index is 13.5. The van der Waals surface area contributed by atoms with Crippen molar-refractivity contribution in [3.63, 3.8) is 0 Å². The van der Waals surface area contributed by atoms with Crippen LogP contribution in [0.4, 0.5) is 0 Å². The Morgan fingerprint density at radius 3 is 2.26 bits per heavy atom. The monoisotopic (exact) mass is 539 g/mol. The maximum Gasteiger partial charge on any atom is 0.266 e. The van der Waals surface area contributed by atoms with Crippen molar-refractivity contribution < 1.29 is 9.53 Å². The molecule has 192 valence electrons. The fraction of sp³-hybridized carbons (Fsp3) is 0.194. The minimum absolute atomic E-state index is 0.0906. The number of carbonyl (C=O) groups excluding carboxylic acids is 1. The molecule has 0 unspecified atom stereocenters. The predicted octanol–water partition coefficient (Wildman–Crippen LogP) is 7.54. The van der Waals surface area contributed by atoms with Gasteiger partial charge in [-0.25, -0.2) is 4.68 Å². The molecule has 0 saturated carbocycles. The first-order chi connectivity index (χ1) is 18.4. The Hall–Kier alpha value is -3.68. The SMILES string of the molecule is CC(C)COc1ccc(-c2nn(-c3ccccc3)cc2/C=C2\SC(=S)N([C@H](C)c3ccccc3)C2=O)cc1. The second-order valence-electron chi connectivity index (χ2n) is 9.58. The lowest BCUT2D eigenvalue weighted by Gasteiger charge is -2.23. The minimum atomic E-state index is -0.153. The lowest BCUT2D eigenvalue weighted by molar-refractivity contribution is -0.123. The van der Waals surface area contributed by atoms with Crippen molar-refractivity contribution in [2.45, 2.75) is 26.8 Å². The molecule has 3 aromatic carbocycles. The zero-order valence-electron chi connectivity index (χ0n) is 21.6. The molecule has 5 nitrogen and oxygen atoms in total. The number of amides is 1. The summed E-state index contributed by atoms with van der Waals surface area (Å²) in [4.78, 5) is 15.8. The van der Waals surface area contributed by atoms with E-state index in [0.717, 1.165) is 33.8 Å². The van der Waals surface area contributed by atoms with Crippen LogP contribution in [0.25, 0.3) is 23.0 Å². The predicted molar refractivity (Wildman–Crippen MR) is 159 cm³/mol. The van der Waals surface area contributed by atoms with E-state index < -0.39 is 0 Å². The van der Waals surface area contributed by atoms with Crippen LogP contribution in [0.1, 0.15) is 37.9 Å². The molecule has 1 atom stereocenters. The zero-order chi connectivity index (χ0) is 26.6. The number of ether oxygens (including phenoxy) is 1. The standard InChI is InChI=1S/C31H29N3O2S2/c1-21(2)20-36-27-16-14-24(15-17-27)29-25(19-33(32-29)26-12-8-5-9-13-26)18-28-30(35)34(31(37)38-28)22(3)23-10-6-4-7-11-23/h4-19,21-22H,20H2,1-3H3/b28-18-/t22-/m1/s1. The van der Waals surface area contributed by atoms with Gasteiger partial charge in [-0.1, -0.05) is 86.4 Å². The van der Waals surface area contributed by atoms with Gasteiger partial charge in [0.2, 0.25) is 0 Å². The molecular weight excluding hydrogens is 510 g/mol. The second kappa shape index (κ2) is 11.4. The number of aromatic nitrogens is 2. The quantitative estimate of drug-likeness (QED) is 0.171. The second-order valence-corrected chi connectivity index (χ2v) is 11.3. The summed E-state index contributed by atoms with van der Waals surface area (Å²) in [6.07, 6.45) is 3.86. The van der Waals surface area contributed by atoms with Crippen LogP contribution in [0, 0.1) is 5.92 Å². The van der Waals surface area contributed by atoms with Crippen molar-refractivity contribution in [1.29, 1.82) is 0 Å². The lowest BCUT2D eigenvalue weighted by atomic mass is 10.1. The smallest absolute Gasteiger partial charge is 0.266 e. The van der Waals surface area contributed by atoms with Crippen LogP contribution in [0.15, 0.2) is 96.0 Å². The number of hydrogen-bond donors (Lipinski definition) is 0. The normalized spacial score (nSPS) is 15.5. The zero-order valence-corrected chi connectivity index (χ0v) is 23.2. The van der Waals surface area contributed by atoms with Crippen molar-refractivity contribution >= 4 is 40.3 Å². The molecule has 1 aliphatic heterocycles. The van der Waals surface area contributed by atoms with Crippen molar-refractivity contribution in [3.05, 3.63) is 107 Å². The van der Waals surface area contributed by atoms with E-state index in [1.54, 1.807) is 4.90 Å². The van der Waals surface area contributed by atoms with Crippen LogP contribution in [0.2, 0.25) is 0 Å². The number of rotatable bonds is 8. The van der Waals surface area contributed by atoms with Crippen molar-refractivity contribution in [2.75, 3.05) is 6.61 Å². The average Bonchev–Trinajstić information content (AvgIpc) is 3.48. The van der Waals surface area contributed by atoms with Crippen molar-refractivity contribution in [1.82, 2.24) is 14.7 Å². The van der Waals surface area contributed by atoms with Crippen LogP contribution >= 0.6 is 24.0 Å². The van der Waals surface area contributed by atoms with Crippen LogP contribution in [0.5, 0.6) is 5.75 Å². The lowest BCUT2D eigenvalue weighted by Crippen LogP contribution is -2.30. The van der Waals surface area contributed by atoms with Gasteiger partial charge in [0.05, 0.1) is 28.9 Å². The topological polar surface area (TPSA) is 47.4 Å². The van der Waals surface area contributed by atoms with Gasteiger partial charge in [-0.05, 0) is 60.9 Å². The summed E-state index contributed by atoms with van der Waals surface area (Å²) in [5.74, 6) is 1.18. The molecule has 2 heterocycles. The number of benzene rings is 3. The fourth-order valence-corrected chi connectivity index (χ4v) is 5.65.